The lowest BCUT2D eigenvalue weighted by Gasteiger charge is -2.41. The Balaban J connectivity index is 1.17. The molecule has 1 amide bonds. The molecule has 2 saturated heterocycles. The summed E-state index contributed by atoms with van der Waals surface area (Å²) in [6.45, 7) is 6.46. The summed E-state index contributed by atoms with van der Waals surface area (Å²) in [6.07, 6.45) is 1.95. The van der Waals surface area contributed by atoms with E-state index < -0.39 is 0 Å². The fraction of sp³-hybridized carbons (Fsp3) is 0.367. The second-order valence-corrected chi connectivity index (χ2v) is 9.62. The van der Waals surface area contributed by atoms with Crippen LogP contribution < -0.4 is 0 Å². The summed E-state index contributed by atoms with van der Waals surface area (Å²) in [5.41, 5.74) is 3.99. The summed E-state index contributed by atoms with van der Waals surface area (Å²) in [5.74, 6) is 0.549. The Hall–Kier alpha value is -2.95. The van der Waals surface area contributed by atoms with Gasteiger partial charge in [0.25, 0.3) is 0 Å². The monoisotopic (exact) mass is 453 g/mol. The first-order valence-electron chi connectivity index (χ1n) is 12.7. The molecule has 176 valence electrons. The third-order valence-corrected chi connectivity index (χ3v) is 7.41. The van der Waals surface area contributed by atoms with E-state index in [0.29, 0.717) is 5.91 Å². The normalized spacial score (nSPS) is 18.3. The van der Waals surface area contributed by atoms with E-state index in [4.69, 9.17) is 0 Å². The first kappa shape index (κ1) is 22.8. The summed E-state index contributed by atoms with van der Waals surface area (Å²) < 4.78 is 0. The van der Waals surface area contributed by atoms with E-state index in [0.717, 1.165) is 58.7 Å². The highest BCUT2D eigenvalue weighted by molar-refractivity contribution is 5.79. The van der Waals surface area contributed by atoms with Crippen LogP contribution in [-0.4, -0.2) is 59.9 Å². The molecule has 2 aliphatic rings. The van der Waals surface area contributed by atoms with Crippen molar-refractivity contribution in [1.82, 2.24) is 14.7 Å². The predicted octanol–water partition coefficient (Wildman–Crippen LogP) is 4.83. The van der Waals surface area contributed by atoms with Gasteiger partial charge in [-0.3, -0.25) is 14.6 Å². The van der Waals surface area contributed by atoms with Gasteiger partial charge in [-0.15, -0.1) is 0 Å². The molecule has 3 aromatic carbocycles. The van der Waals surface area contributed by atoms with Crippen molar-refractivity contribution in [2.45, 2.75) is 25.4 Å². The van der Waals surface area contributed by atoms with Crippen LogP contribution in [0.15, 0.2) is 91.0 Å². The molecule has 4 heteroatoms. The van der Waals surface area contributed by atoms with E-state index in [2.05, 4.69) is 106 Å². The van der Waals surface area contributed by atoms with Crippen molar-refractivity contribution < 1.29 is 4.79 Å². The van der Waals surface area contributed by atoms with Crippen LogP contribution in [0.25, 0.3) is 0 Å². The minimum absolute atomic E-state index is 0.178. The number of carbonyl (C=O) groups is 1. The van der Waals surface area contributed by atoms with E-state index >= 15 is 0 Å². The Morgan fingerprint density at radius 1 is 0.676 bits per heavy atom. The van der Waals surface area contributed by atoms with Gasteiger partial charge in [0.2, 0.25) is 5.91 Å². The van der Waals surface area contributed by atoms with Crippen LogP contribution in [0.5, 0.6) is 0 Å². The van der Waals surface area contributed by atoms with Crippen molar-refractivity contribution in [2.75, 3.05) is 39.3 Å². The Morgan fingerprint density at radius 3 is 1.71 bits per heavy atom. The molecule has 0 aliphatic carbocycles. The van der Waals surface area contributed by atoms with Crippen LogP contribution in [0.4, 0.5) is 0 Å². The zero-order chi connectivity index (χ0) is 23.2. The topological polar surface area (TPSA) is 26.8 Å². The molecule has 0 radical (unpaired) electrons. The molecule has 0 spiro atoms. The van der Waals surface area contributed by atoms with Gasteiger partial charge in [-0.25, -0.2) is 0 Å². The fourth-order valence-corrected chi connectivity index (χ4v) is 5.52. The van der Waals surface area contributed by atoms with Gasteiger partial charge < -0.3 is 4.90 Å². The quantitative estimate of drug-likeness (QED) is 0.535. The molecule has 0 atom stereocenters. The molecule has 0 unspecified atom stereocenters. The van der Waals surface area contributed by atoms with Gasteiger partial charge in [-0.2, -0.15) is 0 Å². The third-order valence-electron chi connectivity index (χ3n) is 7.41. The number of piperazine rings is 1. The average Bonchev–Trinajstić information content (AvgIpc) is 2.91. The molecule has 34 heavy (non-hydrogen) atoms. The van der Waals surface area contributed by atoms with Crippen molar-refractivity contribution in [3.05, 3.63) is 108 Å². The number of rotatable bonds is 6. The van der Waals surface area contributed by atoms with Crippen LogP contribution in [-0.2, 0) is 11.3 Å². The largest absolute Gasteiger partial charge is 0.340 e. The molecule has 0 saturated carbocycles. The van der Waals surface area contributed by atoms with E-state index in [-0.39, 0.29) is 12.0 Å². The number of piperidine rings is 1. The zero-order valence-corrected chi connectivity index (χ0v) is 19.9. The smallest absolute Gasteiger partial charge is 0.225 e. The standard InChI is InChI=1S/C30H35N3O/c34-30(28-16-18-31(19-17-28)24-25-10-4-1-5-11-25)33-22-20-32(21-23-33)29(26-12-6-2-7-13-26)27-14-8-3-9-15-27/h1-15,28-29H,16-24H2. The molecule has 2 heterocycles. The van der Waals surface area contributed by atoms with Crippen LogP contribution in [0.3, 0.4) is 0 Å². The van der Waals surface area contributed by atoms with E-state index in [9.17, 15) is 4.79 Å². The number of likely N-dealkylation sites (tertiary alicyclic amines) is 1. The van der Waals surface area contributed by atoms with Crippen molar-refractivity contribution in [3.63, 3.8) is 0 Å². The maximum absolute atomic E-state index is 13.3. The third kappa shape index (κ3) is 5.40. The minimum Gasteiger partial charge on any atom is -0.340 e. The van der Waals surface area contributed by atoms with Crippen LogP contribution in [0.2, 0.25) is 0 Å². The van der Waals surface area contributed by atoms with Crippen LogP contribution in [0, 0.1) is 5.92 Å². The Labute approximate surface area is 203 Å². The van der Waals surface area contributed by atoms with Crippen molar-refractivity contribution in [2.24, 2.45) is 5.92 Å². The molecule has 4 nitrogen and oxygen atoms in total. The van der Waals surface area contributed by atoms with Crippen molar-refractivity contribution in [1.29, 1.82) is 0 Å². The lowest BCUT2D eigenvalue weighted by molar-refractivity contribution is -0.139. The number of carbonyl (C=O) groups excluding carboxylic acids is 1. The number of amides is 1. The fourth-order valence-electron chi connectivity index (χ4n) is 5.52. The highest BCUT2D eigenvalue weighted by Crippen LogP contribution is 2.30. The maximum Gasteiger partial charge on any atom is 0.225 e. The second kappa shape index (κ2) is 11.0. The molecule has 3 aromatic rings. The Morgan fingerprint density at radius 2 is 1.18 bits per heavy atom. The molecule has 5 rings (SSSR count). The molecular formula is C30H35N3O. The second-order valence-electron chi connectivity index (χ2n) is 9.62. The SMILES string of the molecule is O=C(C1CCN(Cc2ccccc2)CC1)N1CCN(C(c2ccccc2)c2ccccc2)CC1. The van der Waals surface area contributed by atoms with Gasteiger partial charge in [-0.1, -0.05) is 91.0 Å². The number of hydrogen-bond donors (Lipinski definition) is 0. The van der Waals surface area contributed by atoms with Gasteiger partial charge >= 0.3 is 0 Å². The number of benzene rings is 3. The molecular weight excluding hydrogens is 418 g/mol. The summed E-state index contributed by atoms with van der Waals surface area (Å²) in [4.78, 5) is 20.5. The van der Waals surface area contributed by atoms with E-state index in [1.165, 1.54) is 16.7 Å². The first-order valence-corrected chi connectivity index (χ1v) is 12.7. The summed E-state index contributed by atoms with van der Waals surface area (Å²) in [6, 6.07) is 32.4. The lowest BCUT2D eigenvalue weighted by atomic mass is 9.94. The van der Waals surface area contributed by atoms with Crippen LogP contribution >= 0.6 is 0 Å². The molecule has 2 aliphatic heterocycles. The first-order chi connectivity index (χ1) is 16.8. The van der Waals surface area contributed by atoms with E-state index in [1.807, 2.05) is 0 Å². The molecule has 0 bridgehead atoms. The van der Waals surface area contributed by atoms with Crippen molar-refractivity contribution >= 4 is 5.91 Å². The van der Waals surface area contributed by atoms with E-state index in [1.54, 1.807) is 0 Å². The summed E-state index contributed by atoms with van der Waals surface area (Å²) >= 11 is 0. The average molecular weight is 454 g/mol. The van der Waals surface area contributed by atoms with Crippen molar-refractivity contribution in [3.8, 4) is 0 Å². The molecule has 0 N–H and O–H groups in total. The van der Waals surface area contributed by atoms with Gasteiger partial charge in [0, 0.05) is 38.6 Å². The van der Waals surface area contributed by atoms with Gasteiger partial charge in [0.05, 0.1) is 6.04 Å². The minimum atomic E-state index is 0.178. The summed E-state index contributed by atoms with van der Waals surface area (Å²) in [5, 5.41) is 0. The highest BCUT2D eigenvalue weighted by atomic mass is 16.2. The Bertz CT molecular complexity index is 985. The van der Waals surface area contributed by atoms with Gasteiger partial charge in [0.1, 0.15) is 0 Å². The number of nitrogens with zero attached hydrogens (tertiary/aromatic N) is 3. The zero-order valence-electron chi connectivity index (χ0n) is 19.9. The lowest BCUT2D eigenvalue weighted by Crippen LogP contribution is -2.52. The van der Waals surface area contributed by atoms with Crippen LogP contribution in [0.1, 0.15) is 35.6 Å². The molecule has 2 fully saturated rings. The van der Waals surface area contributed by atoms with Gasteiger partial charge in [-0.05, 0) is 42.6 Å². The highest BCUT2D eigenvalue weighted by Gasteiger charge is 2.32. The number of hydrogen-bond acceptors (Lipinski definition) is 3. The van der Waals surface area contributed by atoms with Gasteiger partial charge in [0.15, 0.2) is 0 Å². The Kier molecular flexibility index (Phi) is 7.37. The molecule has 0 aromatic heterocycles. The maximum atomic E-state index is 13.3. The summed E-state index contributed by atoms with van der Waals surface area (Å²) in [7, 11) is 0. The predicted molar refractivity (Wildman–Crippen MR) is 137 cm³/mol.